The van der Waals surface area contributed by atoms with Gasteiger partial charge in [0.2, 0.25) is 0 Å². The number of carbonyl (C=O) groups is 1. The molecule has 1 rings (SSSR count). The van der Waals surface area contributed by atoms with E-state index in [4.69, 9.17) is 0 Å². The lowest BCUT2D eigenvalue weighted by atomic mass is 10.3. The second kappa shape index (κ2) is 8.83. The number of thiazole rings is 1. The van der Waals surface area contributed by atoms with Crippen molar-refractivity contribution >= 4 is 17.4 Å². The number of rotatable bonds is 8. The Balaban J connectivity index is 1.96. The Bertz CT molecular complexity index is 438. The number of alkyl halides is 3. The second-order valence-electron chi connectivity index (χ2n) is 4.31. The van der Waals surface area contributed by atoms with Crippen LogP contribution >= 0.6 is 11.3 Å². The Kier molecular flexibility index (Phi) is 7.44. The molecule has 0 fully saturated rings. The Labute approximate surface area is 124 Å². The van der Waals surface area contributed by atoms with E-state index in [2.05, 4.69) is 20.4 Å². The van der Waals surface area contributed by atoms with E-state index in [0.29, 0.717) is 19.4 Å². The molecule has 0 unspecified atom stereocenters. The summed E-state index contributed by atoms with van der Waals surface area (Å²) in [6.07, 6.45) is -3.33. The molecule has 2 amide bonds. The summed E-state index contributed by atoms with van der Waals surface area (Å²) >= 11 is 1.55. The van der Waals surface area contributed by atoms with E-state index in [0.717, 1.165) is 10.7 Å². The lowest BCUT2D eigenvalue weighted by Gasteiger charge is -2.09. The zero-order valence-electron chi connectivity index (χ0n) is 11.6. The minimum Gasteiger partial charge on any atom is -0.372 e. The molecule has 0 saturated carbocycles. The van der Waals surface area contributed by atoms with Gasteiger partial charge in [0.25, 0.3) is 0 Å². The minimum absolute atomic E-state index is 0.0438. The van der Waals surface area contributed by atoms with Gasteiger partial charge in [-0.1, -0.05) is 0 Å². The van der Waals surface area contributed by atoms with Crippen LogP contribution < -0.4 is 10.6 Å². The zero-order chi connectivity index (χ0) is 15.7. The molecule has 0 aliphatic heterocycles. The fourth-order valence-corrected chi connectivity index (χ4v) is 2.10. The molecule has 9 heteroatoms. The largest absolute Gasteiger partial charge is 0.411 e. The van der Waals surface area contributed by atoms with Crippen molar-refractivity contribution in [2.45, 2.75) is 25.9 Å². The fourth-order valence-electron chi connectivity index (χ4n) is 1.45. The smallest absolute Gasteiger partial charge is 0.372 e. The molecule has 0 aliphatic rings. The Morgan fingerprint density at radius 3 is 2.71 bits per heavy atom. The molecule has 0 radical (unpaired) electrons. The van der Waals surface area contributed by atoms with E-state index in [1.807, 2.05) is 12.3 Å². The normalized spacial score (nSPS) is 11.4. The number of nitrogens with zero attached hydrogens (tertiary/aromatic N) is 1. The lowest BCUT2D eigenvalue weighted by Crippen LogP contribution is -2.37. The third-order valence-corrected chi connectivity index (χ3v) is 3.17. The van der Waals surface area contributed by atoms with Gasteiger partial charge in [0, 0.05) is 31.5 Å². The Morgan fingerprint density at radius 1 is 1.38 bits per heavy atom. The molecule has 0 bridgehead atoms. The van der Waals surface area contributed by atoms with Crippen LogP contribution in [0.1, 0.15) is 17.1 Å². The van der Waals surface area contributed by atoms with Crippen molar-refractivity contribution < 1.29 is 22.7 Å². The molecule has 0 atom stereocenters. The minimum atomic E-state index is -4.31. The highest BCUT2D eigenvalue weighted by Gasteiger charge is 2.27. The summed E-state index contributed by atoms with van der Waals surface area (Å²) in [7, 11) is 0. The number of amides is 2. The first-order valence-corrected chi connectivity index (χ1v) is 7.32. The first-order chi connectivity index (χ1) is 9.87. The maximum atomic E-state index is 11.8. The van der Waals surface area contributed by atoms with Crippen molar-refractivity contribution in [1.29, 1.82) is 0 Å². The summed E-state index contributed by atoms with van der Waals surface area (Å²) in [6.45, 7) is 1.33. The van der Waals surface area contributed by atoms with Crippen LogP contribution in [0.25, 0.3) is 0 Å². The fraction of sp³-hybridized carbons (Fsp3) is 0.667. The monoisotopic (exact) mass is 325 g/mol. The van der Waals surface area contributed by atoms with E-state index in [1.54, 1.807) is 11.3 Å². The van der Waals surface area contributed by atoms with Crippen LogP contribution in [-0.4, -0.2) is 43.5 Å². The quantitative estimate of drug-likeness (QED) is 0.721. The van der Waals surface area contributed by atoms with E-state index in [-0.39, 0.29) is 19.2 Å². The molecular weight excluding hydrogens is 307 g/mol. The van der Waals surface area contributed by atoms with Crippen molar-refractivity contribution in [3.8, 4) is 0 Å². The molecular formula is C12H18F3N3O2S. The van der Waals surface area contributed by atoms with Gasteiger partial charge in [-0.05, 0) is 13.3 Å². The van der Waals surface area contributed by atoms with Gasteiger partial charge >= 0.3 is 12.2 Å². The molecule has 0 saturated heterocycles. The number of hydrogen-bond donors (Lipinski definition) is 2. The topological polar surface area (TPSA) is 63.2 Å². The van der Waals surface area contributed by atoms with Crippen LogP contribution in [0.4, 0.5) is 18.0 Å². The van der Waals surface area contributed by atoms with Crippen molar-refractivity contribution in [3.05, 3.63) is 16.1 Å². The van der Waals surface area contributed by atoms with Gasteiger partial charge in [0.05, 0.1) is 10.7 Å². The van der Waals surface area contributed by atoms with E-state index in [1.165, 1.54) is 0 Å². The average molecular weight is 325 g/mol. The van der Waals surface area contributed by atoms with Crippen LogP contribution in [0.2, 0.25) is 0 Å². The number of hydrogen-bond acceptors (Lipinski definition) is 4. The van der Waals surface area contributed by atoms with Crippen molar-refractivity contribution in [2.24, 2.45) is 0 Å². The highest BCUT2D eigenvalue weighted by atomic mass is 32.1. The average Bonchev–Trinajstić information content (AvgIpc) is 2.78. The van der Waals surface area contributed by atoms with E-state index < -0.39 is 12.8 Å². The molecule has 0 aromatic carbocycles. The number of aromatic nitrogens is 1. The van der Waals surface area contributed by atoms with Crippen LogP contribution in [0.15, 0.2) is 5.38 Å². The second-order valence-corrected chi connectivity index (χ2v) is 5.37. The van der Waals surface area contributed by atoms with Gasteiger partial charge in [-0.2, -0.15) is 13.2 Å². The molecule has 120 valence electrons. The molecule has 21 heavy (non-hydrogen) atoms. The highest BCUT2D eigenvalue weighted by molar-refractivity contribution is 7.09. The van der Waals surface area contributed by atoms with Gasteiger partial charge in [0.1, 0.15) is 6.61 Å². The van der Waals surface area contributed by atoms with Crippen LogP contribution in [0.3, 0.4) is 0 Å². The molecule has 2 N–H and O–H groups in total. The summed E-state index contributed by atoms with van der Waals surface area (Å²) in [4.78, 5) is 15.6. The molecule has 1 aromatic heterocycles. The maximum Gasteiger partial charge on any atom is 0.411 e. The van der Waals surface area contributed by atoms with Crippen LogP contribution in [-0.2, 0) is 11.2 Å². The Hall–Kier alpha value is -1.35. The van der Waals surface area contributed by atoms with Crippen molar-refractivity contribution in [3.63, 3.8) is 0 Å². The third kappa shape index (κ3) is 9.24. The van der Waals surface area contributed by atoms with Gasteiger partial charge in [0.15, 0.2) is 0 Å². The summed E-state index contributed by atoms with van der Waals surface area (Å²) in [5, 5.41) is 8.11. The number of ether oxygens (including phenoxy) is 1. The van der Waals surface area contributed by atoms with E-state index in [9.17, 15) is 18.0 Å². The van der Waals surface area contributed by atoms with E-state index >= 15 is 0 Å². The number of aryl methyl sites for hydroxylation is 1. The van der Waals surface area contributed by atoms with Crippen LogP contribution in [0, 0.1) is 6.92 Å². The summed E-state index contributed by atoms with van der Waals surface area (Å²) < 4.78 is 39.7. The number of nitrogens with one attached hydrogen (secondary N) is 2. The van der Waals surface area contributed by atoms with Gasteiger partial charge < -0.3 is 15.4 Å². The predicted octanol–water partition coefficient (Wildman–Crippen LogP) is 2.26. The first kappa shape index (κ1) is 17.7. The SMILES string of the molecule is Cc1nc(CCNC(=O)NCCCOCC(F)(F)F)cs1. The molecule has 0 spiro atoms. The van der Waals surface area contributed by atoms with Crippen molar-refractivity contribution in [2.75, 3.05) is 26.3 Å². The number of urea groups is 1. The maximum absolute atomic E-state index is 11.8. The van der Waals surface area contributed by atoms with Gasteiger partial charge in [-0.3, -0.25) is 0 Å². The third-order valence-electron chi connectivity index (χ3n) is 2.35. The molecule has 5 nitrogen and oxygen atoms in total. The lowest BCUT2D eigenvalue weighted by molar-refractivity contribution is -0.173. The molecule has 1 aromatic rings. The summed E-state index contributed by atoms with van der Waals surface area (Å²) in [5.74, 6) is 0. The number of carbonyl (C=O) groups excluding carboxylic acids is 1. The zero-order valence-corrected chi connectivity index (χ0v) is 12.4. The summed E-state index contributed by atoms with van der Waals surface area (Å²) in [5.41, 5.74) is 0.929. The summed E-state index contributed by atoms with van der Waals surface area (Å²) in [6, 6.07) is -0.349. The van der Waals surface area contributed by atoms with Crippen LogP contribution in [0.5, 0.6) is 0 Å². The standard InChI is InChI=1S/C12H18F3N3O2S/c1-9-18-10(7-21-9)3-5-17-11(19)16-4-2-6-20-8-12(13,14)15/h7H,2-6,8H2,1H3,(H2,16,17,19). The molecule has 0 aliphatic carbocycles. The predicted molar refractivity (Wildman–Crippen MR) is 73.4 cm³/mol. The number of halogens is 3. The van der Waals surface area contributed by atoms with Gasteiger partial charge in [-0.15, -0.1) is 11.3 Å². The first-order valence-electron chi connectivity index (χ1n) is 6.44. The highest BCUT2D eigenvalue weighted by Crippen LogP contribution is 2.14. The molecule has 1 heterocycles. The van der Waals surface area contributed by atoms with Crippen molar-refractivity contribution in [1.82, 2.24) is 15.6 Å². The Morgan fingerprint density at radius 2 is 2.10 bits per heavy atom. The van der Waals surface area contributed by atoms with Gasteiger partial charge in [-0.25, -0.2) is 9.78 Å².